The molecule has 0 spiro atoms. The Bertz CT molecular complexity index is 912. The van der Waals surface area contributed by atoms with E-state index in [4.69, 9.17) is 4.74 Å². The number of hydrogen-bond acceptors (Lipinski definition) is 5. The summed E-state index contributed by atoms with van der Waals surface area (Å²) in [5.74, 6) is -0.887. The van der Waals surface area contributed by atoms with Crippen molar-refractivity contribution in [2.24, 2.45) is 4.99 Å². The highest BCUT2D eigenvalue weighted by atomic mass is 32.2. The summed E-state index contributed by atoms with van der Waals surface area (Å²) in [6.07, 6.45) is 0.484. The van der Waals surface area contributed by atoms with Crippen molar-refractivity contribution in [1.82, 2.24) is 5.32 Å². The maximum atomic E-state index is 13.1. The first-order chi connectivity index (χ1) is 13.3. The highest BCUT2D eigenvalue weighted by Crippen LogP contribution is 2.37. The van der Waals surface area contributed by atoms with E-state index >= 15 is 0 Å². The zero-order chi connectivity index (χ0) is 20.3. The Kier molecular flexibility index (Phi) is 5.84. The Hall–Kier alpha value is -2.67. The summed E-state index contributed by atoms with van der Waals surface area (Å²) in [6, 6.07) is 13.1. The Morgan fingerprint density at radius 3 is 2.46 bits per heavy atom. The van der Waals surface area contributed by atoms with Gasteiger partial charge in [-0.2, -0.15) is 4.99 Å². The third-order valence-corrected chi connectivity index (χ3v) is 5.78. The molecule has 0 aromatic heterocycles. The van der Waals surface area contributed by atoms with Crippen LogP contribution >= 0.6 is 11.8 Å². The zero-order valence-corrected chi connectivity index (χ0v) is 16.7. The second-order valence-corrected chi connectivity index (χ2v) is 8.33. The molecule has 1 unspecified atom stereocenters. The molecular formula is C21H21FN2O3S. The molecule has 0 fully saturated rings. The number of hydrogen-bond donors (Lipinski definition) is 1. The van der Waals surface area contributed by atoms with Crippen LogP contribution in [-0.4, -0.2) is 28.9 Å². The fraction of sp³-hybridized carbons (Fsp3) is 0.286. The minimum atomic E-state index is -0.725. The van der Waals surface area contributed by atoms with Crippen molar-refractivity contribution in [3.05, 3.63) is 71.0 Å². The van der Waals surface area contributed by atoms with E-state index in [1.165, 1.54) is 31.0 Å². The van der Waals surface area contributed by atoms with Gasteiger partial charge in [-0.3, -0.25) is 4.79 Å². The predicted molar refractivity (Wildman–Crippen MR) is 108 cm³/mol. The molecule has 2 aromatic rings. The Labute approximate surface area is 167 Å². The SMILES string of the molecule is COC(=O)c1ccc(CC2(C)SC(N[C@@H](C)c3ccc(F)cc3)=NC2=O)cc1. The van der Waals surface area contributed by atoms with Crippen LogP contribution in [0.1, 0.15) is 41.4 Å². The number of aliphatic imine (C=N–C) groups is 1. The quantitative estimate of drug-likeness (QED) is 0.771. The highest BCUT2D eigenvalue weighted by molar-refractivity contribution is 8.16. The molecule has 0 aliphatic carbocycles. The standard InChI is InChI=1S/C21H21FN2O3S/c1-13(15-8-10-17(22)11-9-15)23-20-24-19(26)21(2,28-20)12-14-4-6-16(7-5-14)18(25)27-3/h4-11,13H,12H2,1-3H3,(H,23,24,26)/t13-,21?/m0/s1. The molecule has 2 atom stereocenters. The summed E-state index contributed by atoms with van der Waals surface area (Å²) in [5.41, 5.74) is 2.30. The Balaban J connectivity index is 1.65. The van der Waals surface area contributed by atoms with Gasteiger partial charge in [0.15, 0.2) is 5.17 Å². The van der Waals surface area contributed by atoms with Crippen molar-refractivity contribution < 1.29 is 18.7 Å². The van der Waals surface area contributed by atoms with E-state index in [1.54, 1.807) is 24.3 Å². The van der Waals surface area contributed by atoms with Crippen LogP contribution in [0, 0.1) is 5.82 Å². The van der Waals surface area contributed by atoms with Gasteiger partial charge in [-0.15, -0.1) is 0 Å². The molecule has 0 radical (unpaired) electrons. The molecule has 3 rings (SSSR count). The van der Waals surface area contributed by atoms with Crippen LogP contribution in [-0.2, 0) is 16.0 Å². The van der Waals surface area contributed by atoms with Crippen molar-refractivity contribution in [1.29, 1.82) is 0 Å². The van der Waals surface area contributed by atoms with Gasteiger partial charge < -0.3 is 10.1 Å². The number of carbonyl (C=O) groups is 2. The summed E-state index contributed by atoms with van der Waals surface area (Å²) < 4.78 is 17.1. The van der Waals surface area contributed by atoms with Crippen molar-refractivity contribution >= 4 is 28.8 Å². The molecule has 146 valence electrons. The molecule has 0 saturated carbocycles. The molecule has 1 aliphatic heterocycles. The Morgan fingerprint density at radius 2 is 1.86 bits per heavy atom. The number of ether oxygens (including phenoxy) is 1. The van der Waals surface area contributed by atoms with Crippen LogP contribution in [0.5, 0.6) is 0 Å². The van der Waals surface area contributed by atoms with Gasteiger partial charge in [0.2, 0.25) is 0 Å². The average molecular weight is 400 g/mol. The number of esters is 1. The smallest absolute Gasteiger partial charge is 0.337 e. The van der Waals surface area contributed by atoms with Gasteiger partial charge in [0.1, 0.15) is 10.6 Å². The monoisotopic (exact) mass is 400 g/mol. The third-order valence-electron chi connectivity index (χ3n) is 4.60. The maximum absolute atomic E-state index is 13.1. The van der Waals surface area contributed by atoms with E-state index in [0.29, 0.717) is 17.2 Å². The number of halogens is 1. The van der Waals surface area contributed by atoms with E-state index in [-0.39, 0.29) is 17.8 Å². The maximum Gasteiger partial charge on any atom is 0.337 e. The first-order valence-corrected chi connectivity index (χ1v) is 9.64. The van der Waals surface area contributed by atoms with Gasteiger partial charge in [-0.05, 0) is 55.7 Å². The van der Waals surface area contributed by atoms with E-state index in [0.717, 1.165) is 11.1 Å². The summed E-state index contributed by atoms with van der Waals surface area (Å²) in [7, 11) is 1.34. The van der Waals surface area contributed by atoms with Crippen molar-refractivity contribution in [2.75, 3.05) is 7.11 Å². The summed E-state index contributed by atoms with van der Waals surface area (Å²) in [4.78, 5) is 28.2. The molecule has 0 saturated heterocycles. The lowest BCUT2D eigenvalue weighted by Gasteiger charge is -2.21. The van der Waals surface area contributed by atoms with Gasteiger partial charge in [-0.1, -0.05) is 36.0 Å². The lowest BCUT2D eigenvalue weighted by molar-refractivity contribution is -0.119. The van der Waals surface area contributed by atoms with Crippen LogP contribution in [0.4, 0.5) is 4.39 Å². The average Bonchev–Trinajstić information content (AvgIpc) is 2.95. The normalized spacial score (nSPS) is 19.9. The van der Waals surface area contributed by atoms with Crippen LogP contribution in [0.2, 0.25) is 0 Å². The van der Waals surface area contributed by atoms with Gasteiger partial charge in [0.25, 0.3) is 5.91 Å². The molecule has 7 heteroatoms. The largest absolute Gasteiger partial charge is 0.465 e. The van der Waals surface area contributed by atoms with Crippen LogP contribution in [0.25, 0.3) is 0 Å². The fourth-order valence-corrected chi connectivity index (χ4v) is 4.11. The number of thioether (sulfide) groups is 1. The molecule has 1 amide bonds. The summed E-state index contributed by atoms with van der Waals surface area (Å²) in [5, 5.41) is 3.78. The van der Waals surface area contributed by atoms with Crippen LogP contribution in [0.15, 0.2) is 53.5 Å². The van der Waals surface area contributed by atoms with Crippen LogP contribution < -0.4 is 5.32 Å². The lowest BCUT2D eigenvalue weighted by Crippen LogP contribution is -2.31. The van der Waals surface area contributed by atoms with Gasteiger partial charge in [-0.25, -0.2) is 9.18 Å². The first-order valence-electron chi connectivity index (χ1n) is 8.82. The lowest BCUT2D eigenvalue weighted by atomic mass is 9.98. The predicted octanol–water partition coefficient (Wildman–Crippen LogP) is 3.89. The summed E-state index contributed by atoms with van der Waals surface area (Å²) in [6.45, 7) is 3.79. The molecule has 2 aromatic carbocycles. The number of amidine groups is 1. The highest BCUT2D eigenvalue weighted by Gasteiger charge is 2.41. The van der Waals surface area contributed by atoms with Crippen molar-refractivity contribution in [3.8, 4) is 0 Å². The fourth-order valence-electron chi connectivity index (χ4n) is 2.95. The van der Waals surface area contributed by atoms with E-state index < -0.39 is 10.7 Å². The van der Waals surface area contributed by atoms with E-state index in [2.05, 4.69) is 10.3 Å². The van der Waals surface area contributed by atoms with E-state index in [1.807, 2.05) is 26.0 Å². The van der Waals surface area contributed by atoms with Crippen molar-refractivity contribution in [2.45, 2.75) is 31.1 Å². The zero-order valence-electron chi connectivity index (χ0n) is 15.9. The van der Waals surface area contributed by atoms with E-state index in [9.17, 15) is 14.0 Å². The van der Waals surface area contributed by atoms with Crippen LogP contribution in [0.3, 0.4) is 0 Å². The molecule has 1 heterocycles. The topological polar surface area (TPSA) is 67.8 Å². The Morgan fingerprint density at radius 1 is 1.21 bits per heavy atom. The number of nitrogens with zero attached hydrogens (tertiary/aromatic N) is 1. The second kappa shape index (κ2) is 8.14. The minimum absolute atomic E-state index is 0.110. The molecular weight excluding hydrogens is 379 g/mol. The first kappa shape index (κ1) is 20.1. The van der Waals surface area contributed by atoms with Gasteiger partial charge in [0.05, 0.1) is 18.7 Å². The minimum Gasteiger partial charge on any atom is -0.465 e. The number of amides is 1. The number of benzene rings is 2. The number of carbonyl (C=O) groups excluding carboxylic acids is 2. The molecule has 5 nitrogen and oxygen atoms in total. The second-order valence-electron chi connectivity index (χ2n) is 6.84. The third kappa shape index (κ3) is 4.42. The summed E-state index contributed by atoms with van der Waals surface area (Å²) >= 11 is 1.38. The molecule has 28 heavy (non-hydrogen) atoms. The van der Waals surface area contributed by atoms with Gasteiger partial charge in [0, 0.05) is 0 Å². The molecule has 1 aliphatic rings. The number of nitrogens with one attached hydrogen (secondary N) is 1. The molecule has 1 N–H and O–H groups in total. The number of methoxy groups -OCH3 is 1. The molecule has 0 bridgehead atoms. The van der Waals surface area contributed by atoms with Gasteiger partial charge >= 0.3 is 5.97 Å². The van der Waals surface area contributed by atoms with Crippen molar-refractivity contribution in [3.63, 3.8) is 0 Å². The number of rotatable bonds is 5.